The van der Waals surface area contributed by atoms with Gasteiger partial charge in [0.1, 0.15) is 0 Å². The molecule has 3 aliphatic heterocycles. The number of fused-ring (bicyclic) bond motifs is 1. The van der Waals surface area contributed by atoms with Crippen LogP contribution in [0.5, 0.6) is 0 Å². The highest BCUT2D eigenvalue weighted by Gasteiger charge is 2.40. The van der Waals surface area contributed by atoms with Gasteiger partial charge in [-0.3, -0.25) is 9.69 Å². The number of benzene rings is 2. The van der Waals surface area contributed by atoms with Crippen molar-refractivity contribution in [3.05, 3.63) is 64.7 Å². The predicted molar refractivity (Wildman–Crippen MR) is 116 cm³/mol. The molecule has 2 unspecified atom stereocenters. The maximum Gasteiger partial charge on any atom is 0.416 e. The van der Waals surface area contributed by atoms with Crippen LogP contribution < -0.4 is 15.5 Å². The second-order valence-electron chi connectivity index (χ2n) is 8.97. The maximum absolute atomic E-state index is 13.9. The molecule has 0 saturated carbocycles. The van der Waals surface area contributed by atoms with Crippen molar-refractivity contribution in [3.8, 4) is 0 Å². The van der Waals surface area contributed by atoms with Crippen LogP contribution in [0.4, 0.5) is 18.9 Å². The van der Waals surface area contributed by atoms with E-state index in [0.29, 0.717) is 29.9 Å². The lowest BCUT2D eigenvalue weighted by atomic mass is 9.98. The van der Waals surface area contributed by atoms with Gasteiger partial charge in [-0.2, -0.15) is 13.2 Å². The summed E-state index contributed by atoms with van der Waals surface area (Å²) in [6.07, 6.45) is -2.41. The molecule has 3 aliphatic rings. The second-order valence-corrected chi connectivity index (χ2v) is 8.97. The van der Waals surface area contributed by atoms with E-state index in [2.05, 4.69) is 15.5 Å². The summed E-state index contributed by atoms with van der Waals surface area (Å²) < 4.78 is 41.8. The van der Waals surface area contributed by atoms with Crippen LogP contribution in [0.15, 0.2) is 42.5 Å². The first-order chi connectivity index (χ1) is 15.4. The Labute approximate surface area is 185 Å². The minimum Gasteiger partial charge on any atom is -0.315 e. The van der Waals surface area contributed by atoms with Gasteiger partial charge in [0.25, 0.3) is 5.91 Å². The number of nitrogens with zero attached hydrogens (tertiary/aromatic N) is 2. The zero-order valence-electron chi connectivity index (χ0n) is 17.8. The van der Waals surface area contributed by atoms with E-state index in [9.17, 15) is 18.0 Å². The molecule has 2 aromatic rings. The van der Waals surface area contributed by atoms with Crippen LogP contribution in [0.25, 0.3) is 0 Å². The summed E-state index contributed by atoms with van der Waals surface area (Å²) in [6.45, 7) is 3.99. The SMILES string of the molecule is O=C1c2cc(CN3CCC(NC4CCNC4)C3)cc(C(F)(F)F)c2CN1c1ccccc1. The normalized spacial score (nSPS) is 23.8. The topological polar surface area (TPSA) is 47.6 Å². The molecule has 3 heterocycles. The summed E-state index contributed by atoms with van der Waals surface area (Å²) >= 11 is 0. The molecule has 2 atom stereocenters. The quantitative estimate of drug-likeness (QED) is 0.742. The summed E-state index contributed by atoms with van der Waals surface area (Å²) in [5.74, 6) is -0.367. The van der Waals surface area contributed by atoms with Crippen molar-refractivity contribution in [1.29, 1.82) is 0 Å². The van der Waals surface area contributed by atoms with E-state index < -0.39 is 11.7 Å². The number of halogens is 3. The first kappa shape index (κ1) is 21.4. The Hall–Kier alpha value is -2.42. The monoisotopic (exact) mass is 444 g/mol. The van der Waals surface area contributed by atoms with E-state index >= 15 is 0 Å². The van der Waals surface area contributed by atoms with Gasteiger partial charge in [-0.25, -0.2) is 0 Å². The number of carbonyl (C=O) groups excluding carboxylic acids is 1. The summed E-state index contributed by atoms with van der Waals surface area (Å²) in [6, 6.07) is 12.6. The van der Waals surface area contributed by atoms with Crippen LogP contribution in [0.3, 0.4) is 0 Å². The van der Waals surface area contributed by atoms with Crippen LogP contribution in [0.1, 0.15) is 39.9 Å². The molecule has 5 nitrogen and oxygen atoms in total. The Morgan fingerprint density at radius 1 is 1.09 bits per heavy atom. The number of carbonyl (C=O) groups is 1. The Morgan fingerprint density at radius 3 is 2.62 bits per heavy atom. The molecule has 0 radical (unpaired) electrons. The third-order valence-electron chi connectivity index (χ3n) is 6.69. The number of hydrogen-bond donors (Lipinski definition) is 2. The molecule has 2 saturated heterocycles. The third kappa shape index (κ3) is 4.27. The van der Waals surface area contributed by atoms with E-state index in [1.54, 1.807) is 30.3 Å². The summed E-state index contributed by atoms with van der Waals surface area (Å²) in [4.78, 5) is 16.6. The molecule has 0 bridgehead atoms. The molecule has 2 N–H and O–H groups in total. The average molecular weight is 445 g/mol. The molecular weight excluding hydrogens is 417 g/mol. The van der Waals surface area contributed by atoms with Crippen LogP contribution in [0, 0.1) is 0 Å². The lowest BCUT2D eigenvalue weighted by molar-refractivity contribution is -0.138. The summed E-state index contributed by atoms with van der Waals surface area (Å²) in [5, 5.41) is 7.00. The van der Waals surface area contributed by atoms with Gasteiger partial charge in [0.05, 0.1) is 12.1 Å². The van der Waals surface area contributed by atoms with Crippen LogP contribution >= 0.6 is 0 Å². The van der Waals surface area contributed by atoms with Gasteiger partial charge in [-0.05, 0) is 54.8 Å². The standard InChI is InChI=1S/C24H27F3N4O/c25-24(26,27)22-11-16(13-30-9-7-18(14-30)29-17-6-8-28-12-17)10-20-21(22)15-31(23(20)32)19-4-2-1-3-5-19/h1-5,10-11,17-18,28-29H,6-9,12-15H2. The molecular formula is C24H27F3N4O. The van der Waals surface area contributed by atoms with Crippen LogP contribution in [-0.2, 0) is 19.3 Å². The van der Waals surface area contributed by atoms with E-state index in [4.69, 9.17) is 0 Å². The summed E-state index contributed by atoms with van der Waals surface area (Å²) in [5.41, 5.74) is 0.706. The highest BCUT2D eigenvalue weighted by Crippen LogP contribution is 2.39. The minimum absolute atomic E-state index is 0.0571. The molecule has 0 aliphatic carbocycles. The van der Waals surface area contributed by atoms with E-state index in [1.807, 2.05) is 6.07 Å². The Balaban J connectivity index is 1.36. The number of alkyl halides is 3. The fraction of sp³-hybridized carbons (Fsp3) is 0.458. The number of para-hydroxylation sites is 1. The number of likely N-dealkylation sites (tertiary alicyclic amines) is 1. The highest BCUT2D eigenvalue weighted by molar-refractivity contribution is 6.10. The molecule has 1 amide bonds. The van der Waals surface area contributed by atoms with Crippen LogP contribution in [-0.4, -0.2) is 49.1 Å². The predicted octanol–water partition coefficient (Wildman–Crippen LogP) is 3.39. The Bertz CT molecular complexity index is 989. The number of amides is 1. The van der Waals surface area contributed by atoms with Crippen molar-refractivity contribution in [2.24, 2.45) is 0 Å². The van der Waals surface area contributed by atoms with Gasteiger partial charge in [-0.15, -0.1) is 0 Å². The lowest BCUT2D eigenvalue weighted by Gasteiger charge is -2.20. The first-order valence-electron chi connectivity index (χ1n) is 11.2. The zero-order valence-corrected chi connectivity index (χ0v) is 17.8. The van der Waals surface area contributed by atoms with Gasteiger partial charge in [0.2, 0.25) is 0 Å². The van der Waals surface area contributed by atoms with E-state index in [1.165, 1.54) is 11.0 Å². The molecule has 0 spiro atoms. The van der Waals surface area contributed by atoms with Gasteiger partial charge >= 0.3 is 6.18 Å². The lowest BCUT2D eigenvalue weighted by Crippen LogP contribution is -2.41. The van der Waals surface area contributed by atoms with Crippen molar-refractivity contribution >= 4 is 11.6 Å². The highest BCUT2D eigenvalue weighted by atomic mass is 19.4. The second kappa shape index (κ2) is 8.50. The van der Waals surface area contributed by atoms with Crippen molar-refractivity contribution in [3.63, 3.8) is 0 Å². The molecule has 5 rings (SSSR count). The van der Waals surface area contributed by atoms with E-state index in [-0.39, 0.29) is 23.6 Å². The largest absolute Gasteiger partial charge is 0.416 e. The third-order valence-corrected chi connectivity index (χ3v) is 6.69. The molecule has 8 heteroatoms. The molecule has 2 fully saturated rings. The molecule has 0 aromatic heterocycles. The van der Waals surface area contributed by atoms with Crippen molar-refractivity contribution in [2.75, 3.05) is 31.1 Å². The molecule has 32 heavy (non-hydrogen) atoms. The van der Waals surface area contributed by atoms with Gasteiger partial charge in [-0.1, -0.05) is 18.2 Å². The fourth-order valence-electron chi connectivity index (χ4n) is 5.13. The van der Waals surface area contributed by atoms with E-state index in [0.717, 1.165) is 39.0 Å². The average Bonchev–Trinajstić information content (AvgIpc) is 3.50. The molecule has 2 aromatic carbocycles. The minimum atomic E-state index is -4.50. The zero-order chi connectivity index (χ0) is 22.3. The number of hydrogen-bond acceptors (Lipinski definition) is 4. The number of anilines is 1. The Morgan fingerprint density at radius 2 is 1.91 bits per heavy atom. The Kier molecular flexibility index (Phi) is 5.69. The number of rotatable bonds is 5. The maximum atomic E-state index is 13.9. The van der Waals surface area contributed by atoms with Crippen LogP contribution in [0.2, 0.25) is 0 Å². The smallest absolute Gasteiger partial charge is 0.315 e. The van der Waals surface area contributed by atoms with Crippen molar-refractivity contribution < 1.29 is 18.0 Å². The van der Waals surface area contributed by atoms with Gasteiger partial charge in [0.15, 0.2) is 0 Å². The summed E-state index contributed by atoms with van der Waals surface area (Å²) in [7, 11) is 0. The van der Waals surface area contributed by atoms with Gasteiger partial charge < -0.3 is 15.5 Å². The number of nitrogens with one attached hydrogen (secondary N) is 2. The van der Waals surface area contributed by atoms with Crippen molar-refractivity contribution in [2.45, 2.75) is 44.2 Å². The fourth-order valence-corrected chi connectivity index (χ4v) is 5.13. The molecule has 170 valence electrons. The van der Waals surface area contributed by atoms with Gasteiger partial charge in [0, 0.05) is 49.5 Å². The van der Waals surface area contributed by atoms with Crippen molar-refractivity contribution in [1.82, 2.24) is 15.5 Å². The first-order valence-corrected chi connectivity index (χ1v) is 11.2.